The monoisotopic (exact) mass is 403 g/mol. The summed E-state index contributed by atoms with van der Waals surface area (Å²) >= 11 is 12.5. The number of hydrogen-bond donors (Lipinski definition) is 1. The van der Waals surface area contributed by atoms with Crippen LogP contribution in [-0.2, 0) is 6.54 Å². The van der Waals surface area contributed by atoms with E-state index >= 15 is 0 Å². The largest absolute Gasteiger partial charge is 0.490 e. The second-order valence-electron chi connectivity index (χ2n) is 6.12. The number of halogens is 2. The summed E-state index contributed by atoms with van der Waals surface area (Å²) in [5.74, 6) is 0.543. The van der Waals surface area contributed by atoms with Crippen LogP contribution in [0.1, 0.15) is 16.7 Å². The molecule has 0 aliphatic heterocycles. The summed E-state index contributed by atoms with van der Waals surface area (Å²) in [6.45, 7) is 4.13. The van der Waals surface area contributed by atoms with Gasteiger partial charge in [0.05, 0.1) is 19.9 Å². The van der Waals surface area contributed by atoms with Gasteiger partial charge in [0.25, 0.3) is 5.56 Å². The van der Waals surface area contributed by atoms with E-state index in [0.29, 0.717) is 16.0 Å². The lowest BCUT2D eigenvalue weighted by atomic mass is 10.1. The number of aryl methyl sites for hydroxylation is 1. The van der Waals surface area contributed by atoms with E-state index in [-0.39, 0.29) is 17.9 Å². The van der Waals surface area contributed by atoms with Gasteiger partial charge in [-0.25, -0.2) is 4.98 Å². The van der Waals surface area contributed by atoms with Gasteiger partial charge >= 0.3 is 0 Å². The van der Waals surface area contributed by atoms with Gasteiger partial charge in [-0.2, -0.15) is 0 Å². The maximum atomic E-state index is 12.9. The van der Waals surface area contributed by atoms with Crippen molar-refractivity contribution in [1.29, 1.82) is 0 Å². The Balaban J connectivity index is 2.11. The molecule has 0 bridgehead atoms. The van der Waals surface area contributed by atoms with Gasteiger partial charge in [-0.05, 0) is 42.7 Å². The summed E-state index contributed by atoms with van der Waals surface area (Å²) in [7, 11) is 1.44. The third-order valence-electron chi connectivity index (χ3n) is 4.37. The van der Waals surface area contributed by atoms with Crippen molar-refractivity contribution in [2.45, 2.75) is 20.4 Å². The van der Waals surface area contributed by atoms with Gasteiger partial charge < -0.3 is 10.1 Å². The molecule has 140 valence electrons. The van der Waals surface area contributed by atoms with E-state index in [1.165, 1.54) is 17.9 Å². The fourth-order valence-electron chi connectivity index (χ4n) is 2.78. The predicted molar refractivity (Wildman–Crippen MR) is 110 cm³/mol. The molecule has 5 nitrogen and oxygen atoms in total. The first-order valence-electron chi connectivity index (χ1n) is 8.32. The van der Waals surface area contributed by atoms with Crippen molar-refractivity contribution in [3.8, 4) is 5.75 Å². The quantitative estimate of drug-likeness (QED) is 0.653. The molecule has 0 aliphatic carbocycles. The van der Waals surface area contributed by atoms with E-state index in [9.17, 15) is 4.79 Å². The van der Waals surface area contributed by atoms with Crippen LogP contribution in [0.4, 0.5) is 11.6 Å². The smallest absolute Gasteiger partial charge is 0.297 e. The van der Waals surface area contributed by atoms with Crippen LogP contribution >= 0.6 is 23.2 Å². The minimum absolute atomic E-state index is 0.159. The number of aromatic nitrogens is 2. The Morgan fingerprint density at radius 1 is 1.11 bits per heavy atom. The molecule has 0 saturated carbocycles. The van der Waals surface area contributed by atoms with E-state index in [2.05, 4.69) is 10.3 Å². The molecule has 0 amide bonds. The van der Waals surface area contributed by atoms with Crippen molar-refractivity contribution < 1.29 is 4.74 Å². The molecule has 0 radical (unpaired) electrons. The second-order valence-corrected chi connectivity index (χ2v) is 6.94. The Morgan fingerprint density at radius 3 is 2.56 bits per heavy atom. The molecule has 3 rings (SSSR count). The predicted octanol–water partition coefficient (Wildman–Crippen LogP) is 4.97. The number of methoxy groups -OCH3 is 1. The second kappa shape index (κ2) is 8.03. The summed E-state index contributed by atoms with van der Waals surface area (Å²) in [5, 5.41) is 4.46. The van der Waals surface area contributed by atoms with Gasteiger partial charge in [-0.15, -0.1) is 0 Å². The first-order valence-corrected chi connectivity index (χ1v) is 9.08. The Bertz CT molecular complexity index is 1050. The molecule has 3 aromatic rings. The van der Waals surface area contributed by atoms with E-state index < -0.39 is 0 Å². The SMILES string of the molecule is COc1cnc(Nc2c(C)ccc(Cl)c2C)n(Cc2ccccc2Cl)c1=O. The van der Waals surface area contributed by atoms with Crippen LogP contribution in [0.2, 0.25) is 10.0 Å². The van der Waals surface area contributed by atoms with Crippen LogP contribution in [-0.4, -0.2) is 16.7 Å². The van der Waals surface area contributed by atoms with Crippen LogP contribution in [0.5, 0.6) is 5.75 Å². The lowest BCUT2D eigenvalue weighted by Gasteiger charge is -2.18. The molecule has 0 unspecified atom stereocenters. The molecule has 0 spiro atoms. The normalized spacial score (nSPS) is 10.7. The molecule has 0 saturated heterocycles. The molecule has 2 aromatic carbocycles. The Morgan fingerprint density at radius 2 is 1.85 bits per heavy atom. The lowest BCUT2D eigenvalue weighted by molar-refractivity contribution is 0.401. The topological polar surface area (TPSA) is 56.1 Å². The van der Waals surface area contributed by atoms with Crippen molar-refractivity contribution >= 4 is 34.8 Å². The lowest BCUT2D eigenvalue weighted by Crippen LogP contribution is -2.25. The van der Waals surface area contributed by atoms with Crippen LogP contribution in [0, 0.1) is 13.8 Å². The minimum Gasteiger partial charge on any atom is -0.490 e. The molecular weight excluding hydrogens is 385 g/mol. The van der Waals surface area contributed by atoms with Crippen molar-refractivity contribution in [3.63, 3.8) is 0 Å². The highest BCUT2D eigenvalue weighted by atomic mass is 35.5. The van der Waals surface area contributed by atoms with Crippen LogP contribution in [0.25, 0.3) is 0 Å². The van der Waals surface area contributed by atoms with Gasteiger partial charge in [-0.1, -0.05) is 47.5 Å². The molecular formula is C20H19Cl2N3O2. The Kier molecular flexibility index (Phi) is 5.73. The van der Waals surface area contributed by atoms with Crippen LogP contribution in [0.3, 0.4) is 0 Å². The van der Waals surface area contributed by atoms with E-state index in [4.69, 9.17) is 27.9 Å². The number of ether oxygens (including phenoxy) is 1. The zero-order valence-corrected chi connectivity index (χ0v) is 16.7. The first-order chi connectivity index (χ1) is 12.9. The van der Waals surface area contributed by atoms with Gasteiger partial charge in [-0.3, -0.25) is 9.36 Å². The average molecular weight is 404 g/mol. The number of hydrogen-bond acceptors (Lipinski definition) is 4. The average Bonchev–Trinajstić information content (AvgIpc) is 2.66. The third-order valence-corrected chi connectivity index (χ3v) is 5.14. The number of benzene rings is 2. The molecule has 0 aliphatic rings. The summed E-state index contributed by atoms with van der Waals surface area (Å²) in [5.41, 5.74) is 3.19. The molecule has 0 atom stereocenters. The number of nitrogens with zero attached hydrogens (tertiary/aromatic N) is 2. The molecule has 27 heavy (non-hydrogen) atoms. The standard InChI is InChI=1S/C20H19Cl2N3O2/c1-12-8-9-15(21)13(2)18(12)24-20-23-10-17(27-3)19(26)25(20)11-14-6-4-5-7-16(14)22/h4-10H,11H2,1-3H3,(H,23,24). The van der Waals surface area contributed by atoms with Gasteiger partial charge in [0.1, 0.15) is 0 Å². The molecule has 0 fully saturated rings. The maximum Gasteiger partial charge on any atom is 0.297 e. The Hall–Kier alpha value is -2.50. The fraction of sp³-hybridized carbons (Fsp3) is 0.200. The van der Waals surface area contributed by atoms with Crippen LogP contribution in [0.15, 0.2) is 47.4 Å². The summed E-state index contributed by atoms with van der Waals surface area (Å²) in [6, 6.07) is 11.1. The molecule has 1 heterocycles. The molecule has 7 heteroatoms. The fourth-order valence-corrected chi connectivity index (χ4v) is 3.14. The molecule has 1 N–H and O–H groups in total. The number of rotatable bonds is 5. The minimum atomic E-state index is -0.299. The zero-order valence-electron chi connectivity index (χ0n) is 15.2. The highest BCUT2D eigenvalue weighted by Gasteiger charge is 2.15. The highest BCUT2D eigenvalue weighted by Crippen LogP contribution is 2.29. The Labute approximate surface area is 167 Å². The van der Waals surface area contributed by atoms with Crippen molar-refractivity contribution in [2.24, 2.45) is 0 Å². The summed E-state index contributed by atoms with van der Waals surface area (Å²) < 4.78 is 6.65. The van der Waals surface area contributed by atoms with Crippen molar-refractivity contribution in [3.05, 3.63) is 79.7 Å². The van der Waals surface area contributed by atoms with Crippen molar-refractivity contribution in [1.82, 2.24) is 9.55 Å². The first kappa shape index (κ1) is 19.3. The maximum absolute atomic E-state index is 12.9. The number of anilines is 2. The third kappa shape index (κ3) is 3.94. The van der Waals surface area contributed by atoms with E-state index in [1.807, 2.05) is 44.2 Å². The van der Waals surface area contributed by atoms with E-state index in [1.54, 1.807) is 6.07 Å². The van der Waals surface area contributed by atoms with Crippen LogP contribution < -0.4 is 15.6 Å². The van der Waals surface area contributed by atoms with E-state index in [0.717, 1.165) is 22.4 Å². The summed E-state index contributed by atoms with van der Waals surface area (Å²) in [6.07, 6.45) is 1.41. The summed E-state index contributed by atoms with van der Waals surface area (Å²) in [4.78, 5) is 17.2. The molecule has 1 aromatic heterocycles. The van der Waals surface area contributed by atoms with Gasteiger partial charge in [0.2, 0.25) is 11.7 Å². The number of nitrogens with one attached hydrogen (secondary N) is 1. The van der Waals surface area contributed by atoms with Gasteiger partial charge in [0, 0.05) is 15.7 Å². The zero-order chi connectivity index (χ0) is 19.6. The van der Waals surface area contributed by atoms with Gasteiger partial charge in [0.15, 0.2) is 0 Å². The van der Waals surface area contributed by atoms with Crippen molar-refractivity contribution in [2.75, 3.05) is 12.4 Å². The highest BCUT2D eigenvalue weighted by molar-refractivity contribution is 6.32.